The minimum Gasteiger partial charge on any atom is -0.459 e. The average molecular weight is 278 g/mol. The van der Waals surface area contributed by atoms with Gasteiger partial charge in [0.1, 0.15) is 0 Å². The highest BCUT2D eigenvalue weighted by atomic mass is 16.3. The lowest BCUT2D eigenvalue weighted by Crippen LogP contribution is -2.49. The minimum absolute atomic E-state index is 0.135. The minimum atomic E-state index is -0.510. The van der Waals surface area contributed by atoms with Gasteiger partial charge in [-0.05, 0) is 37.8 Å². The highest BCUT2D eigenvalue weighted by Crippen LogP contribution is 2.35. The molecule has 2 N–H and O–H groups in total. The first kappa shape index (κ1) is 13.3. The van der Waals surface area contributed by atoms with Gasteiger partial charge in [-0.15, -0.1) is 0 Å². The molecule has 0 aromatic carbocycles. The summed E-state index contributed by atoms with van der Waals surface area (Å²) in [4.78, 5) is 25.8. The molecule has 2 unspecified atom stereocenters. The lowest BCUT2D eigenvalue weighted by molar-refractivity contribution is -0.123. The van der Waals surface area contributed by atoms with Gasteiger partial charge < -0.3 is 9.52 Å². The summed E-state index contributed by atoms with van der Waals surface area (Å²) in [5.74, 6) is -0.695. The van der Waals surface area contributed by atoms with Crippen molar-refractivity contribution in [3.05, 3.63) is 24.2 Å². The van der Waals surface area contributed by atoms with Crippen LogP contribution in [0.5, 0.6) is 0 Å². The molecule has 1 aromatic heterocycles. The van der Waals surface area contributed by atoms with Gasteiger partial charge in [-0.2, -0.15) is 0 Å². The van der Waals surface area contributed by atoms with Crippen molar-refractivity contribution in [3.63, 3.8) is 0 Å². The van der Waals surface area contributed by atoms with E-state index in [-0.39, 0.29) is 36.4 Å². The molecule has 0 aliphatic carbocycles. The van der Waals surface area contributed by atoms with E-state index in [2.05, 4.69) is 10.2 Å². The van der Waals surface area contributed by atoms with Crippen molar-refractivity contribution in [1.82, 2.24) is 10.2 Å². The number of hydrogen-bond acceptors (Lipinski definition) is 5. The Balaban J connectivity index is 1.56. The molecule has 6 heteroatoms. The summed E-state index contributed by atoms with van der Waals surface area (Å²) in [6.07, 6.45) is 4.61. The standard InChI is InChI=1S/C14H18N2O4/c17-11-6-9-3-4-10(7-11)16(9)8-13(18)15-14(19)12-2-1-5-20-12/h1-2,5,9-11,17H,3-4,6-8H2,(H,15,18,19). The van der Waals surface area contributed by atoms with Gasteiger partial charge in [0.25, 0.3) is 5.91 Å². The number of aliphatic hydroxyl groups excluding tert-OH is 1. The molecule has 3 rings (SSSR count). The fourth-order valence-electron chi connectivity index (χ4n) is 3.30. The van der Waals surface area contributed by atoms with Crippen molar-refractivity contribution < 1.29 is 19.1 Å². The Bertz CT molecular complexity index is 485. The number of carbonyl (C=O) groups is 2. The van der Waals surface area contributed by atoms with Crippen LogP contribution in [0.3, 0.4) is 0 Å². The number of furan rings is 1. The van der Waals surface area contributed by atoms with Crippen molar-refractivity contribution in [3.8, 4) is 0 Å². The van der Waals surface area contributed by atoms with Crippen LogP contribution in [0.1, 0.15) is 36.2 Å². The summed E-state index contributed by atoms with van der Waals surface area (Å²) in [5.41, 5.74) is 0. The molecule has 2 aliphatic heterocycles. The van der Waals surface area contributed by atoms with E-state index in [0.29, 0.717) is 0 Å². The SMILES string of the molecule is O=C(CN1C2CCC1CC(O)C2)NC(=O)c1ccco1. The predicted octanol–water partition coefficient (Wildman–Crippen LogP) is 0.524. The van der Waals surface area contributed by atoms with Gasteiger partial charge >= 0.3 is 0 Å². The second kappa shape index (κ2) is 5.38. The fraction of sp³-hybridized carbons (Fsp3) is 0.571. The maximum absolute atomic E-state index is 11.9. The van der Waals surface area contributed by atoms with Crippen molar-refractivity contribution in [2.45, 2.75) is 43.9 Å². The Morgan fingerprint density at radius 1 is 1.35 bits per heavy atom. The van der Waals surface area contributed by atoms with Gasteiger partial charge in [0.05, 0.1) is 18.9 Å². The maximum Gasteiger partial charge on any atom is 0.293 e. The molecule has 2 atom stereocenters. The summed E-state index contributed by atoms with van der Waals surface area (Å²) >= 11 is 0. The Morgan fingerprint density at radius 3 is 2.65 bits per heavy atom. The van der Waals surface area contributed by atoms with E-state index >= 15 is 0 Å². The Kier molecular flexibility index (Phi) is 3.58. The Hall–Kier alpha value is -1.66. The molecule has 2 saturated heterocycles. The van der Waals surface area contributed by atoms with Crippen LogP contribution in [0.25, 0.3) is 0 Å². The smallest absolute Gasteiger partial charge is 0.293 e. The van der Waals surface area contributed by atoms with Crippen molar-refractivity contribution in [2.24, 2.45) is 0 Å². The van der Waals surface area contributed by atoms with Crippen LogP contribution in [-0.4, -0.2) is 46.6 Å². The molecule has 3 heterocycles. The van der Waals surface area contributed by atoms with Crippen LogP contribution < -0.4 is 5.32 Å². The van der Waals surface area contributed by atoms with E-state index in [1.807, 2.05) is 0 Å². The second-order valence-electron chi connectivity index (χ2n) is 5.54. The molecular formula is C14H18N2O4. The summed E-state index contributed by atoms with van der Waals surface area (Å²) < 4.78 is 4.94. The van der Waals surface area contributed by atoms with E-state index < -0.39 is 5.91 Å². The molecule has 20 heavy (non-hydrogen) atoms. The van der Waals surface area contributed by atoms with Crippen molar-refractivity contribution in [1.29, 1.82) is 0 Å². The highest BCUT2D eigenvalue weighted by molar-refractivity contribution is 6.03. The first-order chi connectivity index (χ1) is 9.63. The third kappa shape index (κ3) is 2.62. The number of nitrogens with zero attached hydrogens (tertiary/aromatic N) is 1. The fourth-order valence-corrected chi connectivity index (χ4v) is 3.30. The first-order valence-electron chi connectivity index (χ1n) is 6.95. The number of rotatable bonds is 3. The van der Waals surface area contributed by atoms with Gasteiger partial charge in [-0.1, -0.05) is 0 Å². The molecule has 0 spiro atoms. The summed E-state index contributed by atoms with van der Waals surface area (Å²) in [6, 6.07) is 3.64. The van der Waals surface area contributed by atoms with Gasteiger partial charge in [-0.3, -0.25) is 19.8 Å². The number of aliphatic hydroxyl groups is 1. The lowest BCUT2D eigenvalue weighted by atomic mass is 10.00. The molecule has 2 aliphatic rings. The number of amides is 2. The zero-order valence-electron chi connectivity index (χ0n) is 11.1. The van der Waals surface area contributed by atoms with E-state index in [1.165, 1.54) is 12.3 Å². The van der Waals surface area contributed by atoms with Crippen LogP contribution in [0.15, 0.2) is 22.8 Å². The first-order valence-corrected chi connectivity index (χ1v) is 6.95. The van der Waals surface area contributed by atoms with Gasteiger partial charge in [0, 0.05) is 12.1 Å². The number of piperidine rings is 1. The summed E-state index contributed by atoms with van der Waals surface area (Å²) in [7, 11) is 0. The second-order valence-corrected chi connectivity index (χ2v) is 5.54. The van der Waals surface area contributed by atoms with E-state index in [9.17, 15) is 14.7 Å². The molecule has 2 amide bonds. The molecule has 0 saturated carbocycles. The number of fused-ring (bicyclic) bond motifs is 2. The van der Waals surface area contributed by atoms with Crippen LogP contribution in [0, 0.1) is 0 Å². The maximum atomic E-state index is 11.9. The van der Waals surface area contributed by atoms with E-state index in [1.54, 1.807) is 6.07 Å². The molecule has 1 aromatic rings. The molecule has 108 valence electrons. The number of nitrogens with one attached hydrogen (secondary N) is 1. The quantitative estimate of drug-likeness (QED) is 0.842. The van der Waals surface area contributed by atoms with E-state index in [0.717, 1.165) is 25.7 Å². The number of carbonyl (C=O) groups excluding carboxylic acids is 2. The molecular weight excluding hydrogens is 260 g/mol. The molecule has 2 fully saturated rings. The summed E-state index contributed by atoms with van der Waals surface area (Å²) in [6.45, 7) is 0.203. The number of imide groups is 1. The monoisotopic (exact) mass is 278 g/mol. The molecule has 6 nitrogen and oxygen atoms in total. The number of hydrogen-bond donors (Lipinski definition) is 2. The third-order valence-corrected chi connectivity index (χ3v) is 4.18. The summed E-state index contributed by atoms with van der Waals surface area (Å²) in [5, 5.41) is 12.1. The largest absolute Gasteiger partial charge is 0.459 e. The van der Waals surface area contributed by atoms with Gasteiger partial charge in [0.15, 0.2) is 5.76 Å². The van der Waals surface area contributed by atoms with Crippen molar-refractivity contribution >= 4 is 11.8 Å². The Morgan fingerprint density at radius 2 is 2.05 bits per heavy atom. The highest BCUT2D eigenvalue weighted by Gasteiger charge is 2.40. The average Bonchev–Trinajstić information content (AvgIpc) is 2.99. The van der Waals surface area contributed by atoms with Crippen LogP contribution in [0.4, 0.5) is 0 Å². The van der Waals surface area contributed by atoms with Gasteiger partial charge in [-0.25, -0.2) is 0 Å². The van der Waals surface area contributed by atoms with Crippen LogP contribution in [0.2, 0.25) is 0 Å². The van der Waals surface area contributed by atoms with Crippen LogP contribution >= 0.6 is 0 Å². The zero-order chi connectivity index (χ0) is 14.1. The van der Waals surface area contributed by atoms with E-state index in [4.69, 9.17) is 4.42 Å². The van der Waals surface area contributed by atoms with Crippen LogP contribution in [-0.2, 0) is 4.79 Å². The molecule has 2 bridgehead atoms. The van der Waals surface area contributed by atoms with Crippen molar-refractivity contribution in [2.75, 3.05) is 6.54 Å². The molecule has 0 radical (unpaired) electrons. The normalized spacial score (nSPS) is 29.4. The topological polar surface area (TPSA) is 82.8 Å². The lowest BCUT2D eigenvalue weighted by Gasteiger charge is -2.36. The predicted molar refractivity (Wildman–Crippen MR) is 69.9 cm³/mol. The zero-order valence-corrected chi connectivity index (χ0v) is 11.1. The third-order valence-electron chi connectivity index (χ3n) is 4.18. The Labute approximate surface area is 116 Å². The van der Waals surface area contributed by atoms with Gasteiger partial charge in [0.2, 0.25) is 5.91 Å².